The van der Waals surface area contributed by atoms with Crippen LogP contribution in [0.5, 0.6) is 5.75 Å². The number of rotatable bonds is 5. The van der Waals surface area contributed by atoms with Gasteiger partial charge in [0.25, 0.3) is 6.17 Å². The Morgan fingerprint density at radius 1 is 1.14 bits per heavy atom. The van der Waals surface area contributed by atoms with Crippen LogP contribution in [-0.4, -0.2) is 27.7 Å². The summed E-state index contributed by atoms with van der Waals surface area (Å²) in [5.74, 6) is 0.0724. The van der Waals surface area contributed by atoms with E-state index in [-0.39, 0.29) is 17.2 Å². The summed E-state index contributed by atoms with van der Waals surface area (Å²) in [4.78, 5) is 43.2. The van der Waals surface area contributed by atoms with Crippen LogP contribution in [0.3, 0.4) is 0 Å². The van der Waals surface area contributed by atoms with E-state index in [2.05, 4.69) is 11.6 Å². The summed E-state index contributed by atoms with van der Waals surface area (Å²) in [7, 11) is 0. The highest BCUT2D eigenvalue weighted by Crippen LogP contribution is 2.42. The molecule has 4 aromatic rings. The molecule has 0 saturated carbocycles. The number of ether oxygens (including phenoxy) is 1. The average Bonchev–Trinajstić information content (AvgIpc) is 2.86. The molecule has 1 amide bonds. The van der Waals surface area contributed by atoms with Gasteiger partial charge in [0, 0.05) is 24.7 Å². The second-order valence-electron chi connectivity index (χ2n) is 8.22. The molecule has 0 aliphatic carbocycles. The fraction of sp³-hybridized carbons (Fsp3) is 0.148. The smallest absolute Gasteiger partial charge is 0.325 e. The molecule has 0 fully saturated rings. The van der Waals surface area contributed by atoms with E-state index < -0.39 is 12.1 Å². The number of amides is 1. The van der Waals surface area contributed by atoms with E-state index in [0.717, 1.165) is 10.8 Å². The van der Waals surface area contributed by atoms with Gasteiger partial charge in [-0.25, -0.2) is 4.90 Å². The molecular formula is C27H23N4O4S+. The third kappa shape index (κ3) is 3.97. The van der Waals surface area contributed by atoms with Gasteiger partial charge in [-0.15, -0.1) is 6.58 Å². The van der Waals surface area contributed by atoms with Crippen molar-refractivity contribution < 1.29 is 19.0 Å². The van der Waals surface area contributed by atoms with E-state index in [1.807, 2.05) is 42.5 Å². The average molecular weight is 500 g/mol. The zero-order valence-corrected chi connectivity index (χ0v) is 20.5. The van der Waals surface area contributed by atoms with Gasteiger partial charge in [-0.2, -0.15) is 0 Å². The van der Waals surface area contributed by atoms with Crippen LogP contribution in [0.1, 0.15) is 25.6 Å². The van der Waals surface area contributed by atoms with Crippen molar-refractivity contribution in [2.75, 3.05) is 10.7 Å². The van der Waals surface area contributed by atoms with Crippen LogP contribution in [0.25, 0.3) is 22.0 Å². The number of H-pyrrole nitrogens is 1. The molecule has 1 aliphatic heterocycles. The van der Waals surface area contributed by atoms with Gasteiger partial charge in [0.2, 0.25) is 11.1 Å². The molecule has 1 aliphatic rings. The fourth-order valence-electron chi connectivity index (χ4n) is 4.56. The van der Waals surface area contributed by atoms with Crippen molar-refractivity contribution in [2.24, 2.45) is 0 Å². The molecule has 0 unspecified atom stereocenters. The number of aromatic amines is 1. The van der Waals surface area contributed by atoms with Gasteiger partial charge in [0.1, 0.15) is 5.75 Å². The lowest BCUT2D eigenvalue weighted by molar-refractivity contribution is -0.762. The Bertz CT molecular complexity index is 1600. The normalized spacial score (nSPS) is 14.2. The topological polar surface area (TPSA) is 96.2 Å². The Labute approximate surface area is 211 Å². The van der Waals surface area contributed by atoms with Gasteiger partial charge >= 0.3 is 17.2 Å². The number of aromatic nitrogens is 3. The number of benzene rings is 3. The molecule has 2 heterocycles. The minimum absolute atomic E-state index is 0.255. The van der Waals surface area contributed by atoms with E-state index in [4.69, 9.17) is 9.84 Å². The Balaban J connectivity index is 1.91. The highest BCUT2D eigenvalue weighted by atomic mass is 32.2. The van der Waals surface area contributed by atoms with Crippen LogP contribution in [0.15, 0.2) is 83.3 Å². The summed E-state index contributed by atoms with van der Waals surface area (Å²) < 4.78 is 7.20. The molecule has 9 heteroatoms. The standard InChI is InChI=1S/C27H22N4O4S/c1-4-15-36-27-28-25(34)24-20-11-7-8-12-21(20)30(16(2)32)26(31(24)29-27)23-19-10-6-5-9-18(19)13-14-22(23)35-17(3)33/h4-14,26H,1,15H2,2-3H3/p+1/t26-/m1/s1. The van der Waals surface area contributed by atoms with Crippen molar-refractivity contribution in [3.63, 3.8) is 0 Å². The molecule has 8 nitrogen and oxygen atoms in total. The van der Waals surface area contributed by atoms with Crippen LogP contribution < -0.4 is 19.9 Å². The molecule has 5 rings (SSSR count). The summed E-state index contributed by atoms with van der Waals surface area (Å²) in [5.41, 5.74) is 1.66. The van der Waals surface area contributed by atoms with Crippen LogP contribution >= 0.6 is 11.8 Å². The summed E-state index contributed by atoms with van der Waals surface area (Å²) >= 11 is 1.32. The second-order valence-corrected chi connectivity index (χ2v) is 9.23. The van der Waals surface area contributed by atoms with E-state index in [0.29, 0.717) is 33.4 Å². The molecule has 0 saturated heterocycles. The van der Waals surface area contributed by atoms with Crippen LogP contribution in [0.2, 0.25) is 0 Å². The predicted octanol–water partition coefficient (Wildman–Crippen LogP) is 3.99. The third-order valence-corrected chi connectivity index (χ3v) is 6.74. The van der Waals surface area contributed by atoms with Gasteiger partial charge in [-0.1, -0.05) is 60.3 Å². The number of nitrogens with one attached hydrogen (secondary N) is 1. The molecule has 1 aromatic heterocycles. The summed E-state index contributed by atoms with van der Waals surface area (Å²) in [6.45, 7) is 6.53. The summed E-state index contributed by atoms with van der Waals surface area (Å²) in [6, 6.07) is 18.4. The minimum atomic E-state index is -0.891. The van der Waals surface area contributed by atoms with Crippen molar-refractivity contribution in [2.45, 2.75) is 25.2 Å². The van der Waals surface area contributed by atoms with Gasteiger partial charge in [-0.3, -0.25) is 19.4 Å². The number of nitrogens with zero attached hydrogens (tertiary/aromatic N) is 3. The van der Waals surface area contributed by atoms with Gasteiger partial charge in [0.05, 0.1) is 16.8 Å². The Morgan fingerprint density at radius 3 is 2.64 bits per heavy atom. The Hall–Kier alpha value is -4.24. The van der Waals surface area contributed by atoms with Gasteiger partial charge < -0.3 is 4.74 Å². The highest BCUT2D eigenvalue weighted by molar-refractivity contribution is 7.99. The Kier molecular flexibility index (Phi) is 6.15. The summed E-state index contributed by atoms with van der Waals surface area (Å²) in [5, 5.41) is 6.81. The van der Waals surface area contributed by atoms with Crippen LogP contribution in [-0.2, 0) is 9.59 Å². The van der Waals surface area contributed by atoms with Crippen molar-refractivity contribution in [1.29, 1.82) is 0 Å². The number of anilines is 1. The number of esters is 1. The second kappa shape index (κ2) is 9.43. The molecule has 0 spiro atoms. The van der Waals surface area contributed by atoms with Gasteiger partial charge in [-0.05, 0) is 33.7 Å². The number of fused-ring (bicyclic) bond motifs is 4. The number of hydrogen-bond donors (Lipinski definition) is 1. The monoisotopic (exact) mass is 499 g/mol. The first-order chi connectivity index (χ1) is 17.4. The van der Waals surface area contributed by atoms with Crippen molar-refractivity contribution in [3.05, 3.63) is 89.2 Å². The quantitative estimate of drug-likeness (QED) is 0.147. The lowest BCUT2D eigenvalue weighted by atomic mass is 9.96. The maximum Gasteiger partial charge on any atom is 0.325 e. The lowest BCUT2D eigenvalue weighted by Crippen LogP contribution is -2.60. The van der Waals surface area contributed by atoms with Crippen molar-refractivity contribution in [3.8, 4) is 17.0 Å². The maximum absolute atomic E-state index is 13.4. The third-order valence-electron chi connectivity index (χ3n) is 5.88. The highest BCUT2D eigenvalue weighted by Gasteiger charge is 2.47. The SMILES string of the molecule is C=CCSc1n[n+]2c(c(=O)[nH]1)-c1ccccc1N(C(C)=O)[C@H]2c1c(OC(C)=O)ccc2ccccc12. The summed E-state index contributed by atoms with van der Waals surface area (Å²) in [6.07, 6.45) is 0.825. The first kappa shape index (κ1) is 23.5. The lowest BCUT2D eigenvalue weighted by Gasteiger charge is -2.32. The number of para-hydroxylation sites is 1. The van der Waals surface area contributed by atoms with E-state index in [1.165, 1.54) is 25.6 Å². The first-order valence-electron chi connectivity index (χ1n) is 11.3. The van der Waals surface area contributed by atoms with Crippen molar-refractivity contribution >= 4 is 40.1 Å². The van der Waals surface area contributed by atoms with Crippen LogP contribution in [0, 0.1) is 0 Å². The predicted molar refractivity (Wildman–Crippen MR) is 138 cm³/mol. The minimum Gasteiger partial charge on any atom is -0.426 e. The molecule has 1 atom stereocenters. The number of carbonyl (C=O) groups excluding carboxylic acids is 2. The molecule has 0 bridgehead atoms. The molecule has 3 aromatic carbocycles. The molecule has 0 radical (unpaired) electrons. The zero-order chi connectivity index (χ0) is 25.4. The largest absolute Gasteiger partial charge is 0.426 e. The van der Waals surface area contributed by atoms with E-state index in [9.17, 15) is 14.4 Å². The van der Waals surface area contributed by atoms with E-state index in [1.54, 1.807) is 33.9 Å². The number of thioether (sulfide) groups is 1. The molecule has 180 valence electrons. The van der Waals surface area contributed by atoms with E-state index >= 15 is 0 Å². The van der Waals surface area contributed by atoms with Crippen LogP contribution in [0.4, 0.5) is 5.69 Å². The van der Waals surface area contributed by atoms with Gasteiger partial charge in [0.15, 0.2) is 0 Å². The first-order valence-corrected chi connectivity index (χ1v) is 12.3. The number of carbonyl (C=O) groups is 2. The molecule has 36 heavy (non-hydrogen) atoms. The number of hydrogen-bond acceptors (Lipinski definition) is 6. The Morgan fingerprint density at radius 2 is 1.89 bits per heavy atom. The van der Waals surface area contributed by atoms with Crippen molar-refractivity contribution in [1.82, 2.24) is 10.1 Å². The molecular weight excluding hydrogens is 476 g/mol. The zero-order valence-electron chi connectivity index (χ0n) is 19.7. The molecule has 1 N–H and O–H groups in total. The fourth-order valence-corrected chi connectivity index (χ4v) is 5.15. The maximum atomic E-state index is 13.4.